The van der Waals surface area contributed by atoms with Gasteiger partial charge in [0.05, 0.1) is 12.8 Å². The molecular weight excluding hydrogens is 158 g/mol. The molecule has 0 unspecified atom stereocenters. The summed E-state index contributed by atoms with van der Waals surface area (Å²) in [5.41, 5.74) is 0. The number of ether oxygens (including phenoxy) is 1. The van der Waals surface area contributed by atoms with Crippen molar-refractivity contribution >= 4 is 11.8 Å². The van der Waals surface area contributed by atoms with E-state index in [9.17, 15) is 9.59 Å². The summed E-state index contributed by atoms with van der Waals surface area (Å²) < 4.78 is 4.81. The Balaban J connectivity index is 2.34. The van der Waals surface area contributed by atoms with Crippen LogP contribution in [0.15, 0.2) is 12.8 Å². The minimum Gasteiger partial charge on any atom is -0.500 e. The van der Waals surface area contributed by atoms with Crippen molar-refractivity contribution in [2.75, 3.05) is 13.2 Å². The monoisotopic (exact) mass is 169 g/mol. The minimum absolute atomic E-state index is 0.104. The molecule has 0 atom stereocenters. The van der Waals surface area contributed by atoms with Crippen LogP contribution in [0.3, 0.4) is 0 Å². The number of carbonyl (C=O) groups is 2. The van der Waals surface area contributed by atoms with E-state index in [1.807, 2.05) is 0 Å². The lowest BCUT2D eigenvalue weighted by molar-refractivity contribution is -0.138. The number of carbonyl (C=O) groups excluding carboxylic acids is 2. The van der Waals surface area contributed by atoms with Crippen molar-refractivity contribution in [1.29, 1.82) is 0 Å². The second-order valence-electron chi connectivity index (χ2n) is 2.48. The second kappa shape index (κ2) is 3.90. The Bertz CT molecular complexity index is 196. The van der Waals surface area contributed by atoms with E-state index in [4.69, 9.17) is 4.74 Å². The van der Waals surface area contributed by atoms with E-state index in [2.05, 4.69) is 6.58 Å². The molecule has 1 rings (SSSR count). The van der Waals surface area contributed by atoms with Crippen LogP contribution in [0.25, 0.3) is 0 Å². The van der Waals surface area contributed by atoms with Crippen molar-refractivity contribution in [2.24, 2.45) is 0 Å². The van der Waals surface area contributed by atoms with Crippen LogP contribution in [0.1, 0.15) is 12.8 Å². The first-order chi connectivity index (χ1) is 5.75. The molecule has 1 aliphatic heterocycles. The lowest BCUT2D eigenvalue weighted by Gasteiger charge is -2.12. The highest BCUT2D eigenvalue weighted by atomic mass is 16.5. The Morgan fingerprint density at radius 3 is 2.50 bits per heavy atom. The lowest BCUT2D eigenvalue weighted by Crippen LogP contribution is -2.32. The number of hydrogen-bond acceptors (Lipinski definition) is 3. The number of imide groups is 1. The number of rotatable bonds is 4. The summed E-state index contributed by atoms with van der Waals surface area (Å²) >= 11 is 0. The van der Waals surface area contributed by atoms with Gasteiger partial charge in [-0.3, -0.25) is 14.5 Å². The largest absolute Gasteiger partial charge is 0.500 e. The highest BCUT2D eigenvalue weighted by Gasteiger charge is 2.27. The van der Waals surface area contributed by atoms with E-state index in [1.54, 1.807) is 0 Å². The highest BCUT2D eigenvalue weighted by molar-refractivity contribution is 6.01. The van der Waals surface area contributed by atoms with E-state index in [1.165, 1.54) is 11.2 Å². The molecule has 66 valence electrons. The van der Waals surface area contributed by atoms with Crippen molar-refractivity contribution < 1.29 is 14.3 Å². The van der Waals surface area contributed by atoms with Crippen molar-refractivity contribution in [2.45, 2.75) is 12.8 Å². The summed E-state index contributed by atoms with van der Waals surface area (Å²) in [5, 5.41) is 0. The number of nitrogens with zero attached hydrogens (tertiary/aromatic N) is 1. The van der Waals surface area contributed by atoms with Crippen LogP contribution in [-0.4, -0.2) is 29.9 Å². The van der Waals surface area contributed by atoms with Crippen LogP contribution in [0.2, 0.25) is 0 Å². The smallest absolute Gasteiger partial charge is 0.229 e. The van der Waals surface area contributed by atoms with Gasteiger partial charge in [-0.25, -0.2) is 0 Å². The highest BCUT2D eigenvalue weighted by Crippen LogP contribution is 2.10. The van der Waals surface area contributed by atoms with E-state index in [0.29, 0.717) is 26.0 Å². The van der Waals surface area contributed by atoms with Gasteiger partial charge in [0.1, 0.15) is 6.61 Å². The Morgan fingerprint density at radius 1 is 1.42 bits per heavy atom. The molecule has 0 N–H and O–H groups in total. The molecule has 1 saturated heterocycles. The van der Waals surface area contributed by atoms with Gasteiger partial charge < -0.3 is 4.74 Å². The molecule has 0 aromatic rings. The molecule has 0 spiro atoms. The number of hydrogen-bond donors (Lipinski definition) is 0. The van der Waals surface area contributed by atoms with E-state index < -0.39 is 0 Å². The van der Waals surface area contributed by atoms with E-state index in [0.717, 1.165) is 0 Å². The van der Waals surface area contributed by atoms with Gasteiger partial charge in [-0.2, -0.15) is 0 Å². The van der Waals surface area contributed by atoms with Gasteiger partial charge in [0.25, 0.3) is 0 Å². The Hall–Kier alpha value is -1.32. The molecule has 0 saturated carbocycles. The third-order valence-electron chi connectivity index (χ3n) is 1.71. The first-order valence-corrected chi connectivity index (χ1v) is 3.81. The molecule has 12 heavy (non-hydrogen) atoms. The van der Waals surface area contributed by atoms with Crippen LogP contribution in [0, 0.1) is 0 Å². The van der Waals surface area contributed by atoms with Gasteiger partial charge in [0.15, 0.2) is 0 Å². The summed E-state index contributed by atoms with van der Waals surface area (Å²) in [5.74, 6) is -0.208. The predicted octanol–water partition coefficient (Wildman–Crippen LogP) is 0.295. The quantitative estimate of drug-likeness (QED) is 0.345. The second-order valence-corrected chi connectivity index (χ2v) is 2.48. The maximum atomic E-state index is 11.0. The fourth-order valence-electron chi connectivity index (χ4n) is 1.10. The standard InChI is InChI=1S/C8H11NO3/c1-2-12-6-5-9-7(10)3-4-8(9)11/h2H,1,3-6H2. The zero-order valence-electron chi connectivity index (χ0n) is 6.78. The maximum absolute atomic E-state index is 11.0. The van der Waals surface area contributed by atoms with E-state index >= 15 is 0 Å². The number of amides is 2. The molecule has 0 radical (unpaired) electrons. The summed E-state index contributed by atoms with van der Waals surface area (Å²) in [7, 11) is 0. The zero-order valence-corrected chi connectivity index (χ0v) is 6.78. The SMILES string of the molecule is C=COCCN1C(=O)CCC1=O. The molecule has 4 nitrogen and oxygen atoms in total. The zero-order chi connectivity index (χ0) is 8.97. The Labute approximate surface area is 70.8 Å². The average Bonchev–Trinajstić information content (AvgIpc) is 2.35. The molecule has 0 bridgehead atoms. The van der Waals surface area contributed by atoms with Crippen LogP contribution in [0.4, 0.5) is 0 Å². The third-order valence-corrected chi connectivity index (χ3v) is 1.71. The Morgan fingerprint density at radius 2 is 2.00 bits per heavy atom. The van der Waals surface area contributed by atoms with Crippen LogP contribution in [-0.2, 0) is 14.3 Å². The summed E-state index contributed by atoms with van der Waals surface area (Å²) in [6.07, 6.45) is 1.98. The summed E-state index contributed by atoms with van der Waals surface area (Å²) in [6, 6.07) is 0. The summed E-state index contributed by atoms with van der Waals surface area (Å²) in [4.78, 5) is 23.2. The molecular formula is C8H11NO3. The first-order valence-electron chi connectivity index (χ1n) is 3.81. The van der Waals surface area contributed by atoms with Crippen LogP contribution in [0.5, 0.6) is 0 Å². The fraction of sp³-hybridized carbons (Fsp3) is 0.500. The van der Waals surface area contributed by atoms with Crippen molar-refractivity contribution in [3.63, 3.8) is 0 Å². The van der Waals surface area contributed by atoms with Gasteiger partial charge >= 0.3 is 0 Å². The molecule has 2 amide bonds. The first kappa shape index (κ1) is 8.77. The van der Waals surface area contributed by atoms with Crippen molar-refractivity contribution in [3.8, 4) is 0 Å². The maximum Gasteiger partial charge on any atom is 0.229 e. The van der Waals surface area contributed by atoms with Gasteiger partial charge in [0, 0.05) is 12.8 Å². The van der Waals surface area contributed by atoms with Crippen LogP contribution < -0.4 is 0 Å². The molecule has 4 heteroatoms. The minimum atomic E-state index is -0.104. The van der Waals surface area contributed by atoms with Crippen molar-refractivity contribution in [3.05, 3.63) is 12.8 Å². The molecule has 0 aliphatic carbocycles. The summed E-state index contributed by atoms with van der Waals surface area (Å²) in [6.45, 7) is 4.02. The predicted molar refractivity (Wildman–Crippen MR) is 42.1 cm³/mol. The van der Waals surface area contributed by atoms with Gasteiger partial charge in [-0.05, 0) is 0 Å². The fourth-order valence-corrected chi connectivity index (χ4v) is 1.10. The van der Waals surface area contributed by atoms with E-state index in [-0.39, 0.29) is 11.8 Å². The van der Waals surface area contributed by atoms with Crippen LogP contribution >= 0.6 is 0 Å². The third kappa shape index (κ3) is 1.84. The van der Waals surface area contributed by atoms with Gasteiger partial charge in [0.2, 0.25) is 11.8 Å². The molecule has 0 aromatic heterocycles. The van der Waals surface area contributed by atoms with Gasteiger partial charge in [-0.1, -0.05) is 6.58 Å². The molecule has 0 aromatic carbocycles. The molecule has 1 heterocycles. The topological polar surface area (TPSA) is 46.6 Å². The number of likely N-dealkylation sites (tertiary alicyclic amines) is 1. The molecule has 1 fully saturated rings. The average molecular weight is 169 g/mol. The van der Waals surface area contributed by atoms with Gasteiger partial charge in [-0.15, -0.1) is 0 Å². The lowest BCUT2D eigenvalue weighted by atomic mass is 10.4. The Kier molecular flexibility index (Phi) is 2.85. The normalized spacial score (nSPS) is 16.8. The molecule has 1 aliphatic rings. The van der Waals surface area contributed by atoms with Crippen molar-refractivity contribution in [1.82, 2.24) is 4.90 Å².